The van der Waals surface area contributed by atoms with Crippen molar-refractivity contribution in [1.82, 2.24) is 4.98 Å². The van der Waals surface area contributed by atoms with Crippen molar-refractivity contribution in [3.8, 4) is 11.6 Å². The van der Waals surface area contributed by atoms with E-state index >= 15 is 0 Å². The van der Waals surface area contributed by atoms with Gasteiger partial charge in [0, 0.05) is 11.7 Å². The second-order valence-corrected chi connectivity index (χ2v) is 5.24. The van der Waals surface area contributed by atoms with Crippen molar-refractivity contribution < 1.29 is 17.9 Å². The minimum atomic E-state index is -3.16. The number of methoxy groups -OCH3 is 1. The minimum Gasteiger partial charge on any atom is -0.491 e. The van der Waals surface area contributed by atoms with Crippen LogP contribution in [0.1, 0.15) is 12.6 Å². The molecule has 0 radical (unpaired) electrons. The number of hydrogen-bond acceptors (Lipinski definition) is 5. The fraction of sp³-hybridized carbons (Fsp3) is 0.364. The maximum absolute atomic E-state index is 11.0. The predicted octanol–water partition coefficient (Wildman–Crippen LogP) is 1.50. The third kappa shape index (κ3) is 4.44. The summed E-state index contributed by atoms with van der Waals surface area (Å²) in [6.07, 6.45) is 2.54. The Morgan fingerprint density at radius 1 is 1.41 bits per heavy atom. The number of pyridine rings is 1. The zero-order chi connectivity index (χ0) is 12.9. The quantitative estimate of drug-likeness (QED) is 0.799. The van der Waals surface area contributed by atoms with Crippen LogP contribution in [0, 0.1) is 0 Å². The summed E-state index contributed by atoms with van der Waals surface area (Å²) in [5, 5.41) is 1.09. The summed E-state index contributed by atoms with van der Waals surface area (Å²) >= 11 is 0. The molecule has 0 unspecified atom stereocenters. The smallest absolute Gasteiger partial charge is 0.257 e. The molecule has 0 aliphatic heterocycles. The lowest BCUT2D eigenvalue weighted by atomic mass is 10.3. The van der Waals surface area contributed by atoms with Crippen LogP contribution in [-0.2, 0) is 9.84 Å². The van der Waals surface area contributed by atoms with Crippen LogP contribution >= 0.6 is 0 Å². The Labute approximate surface area is 101 Å². The van der Waals surface area contributed by atoms with Gasteiger partial charge in [-0.05, 0) is 25.1 Å². The molecule has 1 aromatic rings. The van der Waals surface area contributed by atoms with Gasteiger partial charge in [-0.15, -0.1) is 0 Å². The number of ether oxygens (including phenoxy) is 2. The summed E-state index contributed by atoms with van der Waals surface area (Å²) in [6.45, 7) is 2.29. The maximum atomic E-state index is 11.0. The molecule has 6 heteroatoms. The average Bonchev–Trinajstić information content (AvgIpc) is 2.26. The minimum absolute atomic E-state index is 0.352. The van der Waals surface area contributed by atoms with Crippen molar-refractivity contribution in [2.75, 3.05) is 20.0 Å². The molecular weight excluding hydrogens is 242 g/mol. The molecule has 0 saturated carbocycles. The molecule has 0 bridgehead atoms. The number of sulfone groups is 1. The highest BCUT2D eigenvalue weighted by Gasteiger charge is 2.06. The second-order valence-electron chi connectivity index (χ2n) is 3.31. The number of rotatable bonds is 5. The predicted molar refractivity (Wildman–Crippen MR) is 65.8 cm³/mol. The molecule has 1 heterocycles. The van der Waals surface area contributed by atoms with Gasteiger partial charge in [-0.2, -0.15) is 0 Å². The van der Waals surface area contributed by atoms with E-state index in [0.717, 1.165) is 11.7 Å². The van der Waals surface area contributed by atoms with Gasteiger partial charge in [0.25, 0.3) is 5.88 Å². The van der Waals surface area contributed by atoms with Crippen LogP contribution in [0.4, 0.5) is 0 Å². The van der Waals surface area contributed by atoms with E-state index in [2.05, 4.69) is 4.98 Å². The van der Waals surface area contributed by atoms with E-state index < -0.39 is 9.84 Å². The van der Waals surface area contributed by atoms with Crippen LogP contribution in [-0.4, -0.2) is 33.4 Å². The number of hydrogen-bond donors (Lipinski definition) is 0. The molecule has 0 amide bonds. The highest BCUT2D eigenvalue weighted by Crippen LogP contribution is 2.24. The van der Waals surface area contributed by atoms with Gasteiger partial charge >= 0.3 is 0 Å². The van der Waals surface area contributed by atoms with Gasteiger partial charge < -0.3 is 9.47 Å². The van der Waals surface area contributed by atoms with Crippen molar-refractivity contribution in [1.29, 1.82) is 0 Å². The molecule has 1 rings (SSSR count). The summed E-state index contributed by atoms with van der Waals surface area (Å²) < 4.78 is 32.3. The molecule has 17 heavy (non-hydrogen) atoms. The van der Waals surface area contributed by atoms with Crippen LogP contribution in [0.5, 0.6) is 11.6 Å². The van der Waals surface area contributed by atoms with Crippen LogP contribution in [0.2, 0.25) is 0 Å². The Hall–Kier alpha value is -1.56. The largest absolute Gasteiger partial charge is 0.491 e. The average molecular weight is 257 g/mol. The number of nitrogens with zero attached hydrogens (tertiary/aromatic N) is 1. The van der Waals surface area contributed by atoms with Crippen molar-refractivity contribution in [3.63, 3.8) is 0 Å². The first-order valence-electron chi connectivity index (χ1n) is 5.02. The van der Waals surface area contributed by atoms with Crippen molar-refractivity contribution in [2.24, 2.45) is 0 Å². The molecule has 94 valence electrons. The first-order valence-corrected chi connectivity index (χ1v) is 6.97. The molecule has 0 spiro atoms. The summed E-state index contributed by atoms with van der Waals surface area (Å²) in [5.74, 6) is 0.869. The van der Waals surface area contributed by atoms with E-state index in [1.54, 1.807) is 12.1 Å². The molecule has 0 N–H and O–H groups in total. The van der Waals surface area contributed by atoms with Gasteiger partial charge in [-0.3, -0.25) is 0 Å². The van der Waals surface area contributed by atoms with E-state index in [1.807, 2.05) is 6.92 Å². The van der Waals surface area contributed by atoms with E-state index in [-0.39, 0.29) is 0 Å². The van der Waals surface area contributed by atoms with Crippen molar-refractivity contribution in [2.45, 2.75) is 6.92 Å². The third-order valence-electron chi connectivity index (χ3n) is 1.83. The van der Waals surface area contributed by atoms with Crippen LogP contribution in [0.15, 0.2) is 17.5 Å². The molecule has 1 aromatic heterocycles. The zero-order valence-corrected chi connectivity index (χ0v) is 10.8. The summed E-state index contributed by atoms with van der Waals surface area (Å²) in [4.78, 5) is 4.14. The van der Waals surface area contributed by atoms with Crippen LogP contribution in [0.25, 0.3) is 6.08 Å². The van der Waals surface area contributed by atoms with Gasteiger partial charge in [0.2, 0.25) is 0 Å². The summed E-state index contributed by atoms with van der Waals surface area (Å²) in [5.41, 5.74) is 0.500. The Balaban J connectivity index is 3.04. The molecular formula is C11H15NO4S. The molecule has 5 nitrogen and oxygen atoms in total. The molecule has 0 atom stereocenters. The van der Waals surface area contributed by atoms with Crippen molar-refractivity contribution >= 4 is 15.9 Å². The van der Waals surface area contributed by atoms with E-state index in [0.29, 0.717) is 23.9 Å². The van der Waals surface area contributed by atoms with Gasteiger partial charge in [0.1, 0.15) is 0 Å². The van der Waals surface area contributed by atoms with E-state index in [9.17, 15) is 8.42 Å². The van der Waals surface area contributed by atoms with Crippen LogP contribution in [0.3, 0.4) is 0 Å². The fourth-order valence-electron chi connectivity index (χ4n) is 1.12. The van der Waals surface area contributed by atoms with E-state index in [1.165, 1.54) is 13.2 Å². The highest BCUT2D eigenvalue weighted by molar-refractivity contribution is 7.93. The van der Waals surface area contributed by atoms with Gasteiger partial charge in [-0.1, -0.05) is 0 Å². The zero-order valence-electron chi connectivity index (χ0n) is 10.0. The fourth-order valence-corrected chi connectivity index (χ4v) is 1.51. The summed E-state index contributed by atoms with van der Waals surface area (Å²) in [7, 11) is -1.64. The van der Waals surface area contributed by atoms with Crippen molar-refractivity contribution in [3.05, 3.63) is 23.2 Å². The Bertz CT molecular complexity index is 508. The SMILES string of the molecule is CCOc1nc(C=CS(C)(=O)=O)ccc1OC. The van der Waals surface area contributed by atoms with E-state index in [4.69, 9.17) is 9.47 Å². The Morgan fingerprint density at radius 3 is 2.65 bits per heavy atom. The summed E-state index contributed by atoms with van der Waals surface area (Å²) in [6, 6.07) is 3.34. The monoisotopic (exact) mass is 257 g/mol. The molecule has 0 saturated heterocycles. The molecule has 0 aliphatic carbocycles. The second kappa shape index (κ2) is 5.67. The molecule has 0 aliphatic rings. The lowest BCUT2D eigenvalue weighted by Crippen LogP contribution is -1.99. The lowest BCUT2D eigenvalue weighted by Gasteiger charge is -2.08. The first kappa shape index (κ1) is 13.5. The van der Waals surface area contributed by atoms with Gasteiger partial charge in [0.15, 0.2) is 15.6 Å². The normalized spacial score (nSPS) is 11.7. The number of aromatic nitrogens is 1. The van der Waals surface area contributed by atoms with Gasteiger partial charge in [0.05, 0.1) is 19.4 Å². The van der Waals surface area contributed by atoms with Gasteiger partial charge in [-0.25, -0.2) is 13.4 Å². The lowest BCUT2D eigenvalue weighted by molar-refractivity contribution is 0.298. The molecule has 0 fully saturated rings. The Morgan fingerprint density at radius 2 is 2.12 bits per heavy atom. The first-order chi connectivity index (χ1) is 7.96. The maximum Gasteiger partial charge on any atom is 0.257 e. The molecule has 0 aromatic carbocycles. The topological polar surface area (TPSA) is 65.5 Å². The van der Waals surface area contributed by atoms with Crippen LogP contribution < -0.4 is 9.47 Å². The Kier molecular flexibility index (Phi) is 4.51. The standard InChI is InChI=1S/C11H15NO4S/c1-4-16-11-10(15-2)6-5-9(12-11)7-8-17(3,13)14/h5-8H,4H2,1-3H3. The highest BCUT2D eigenvalue weighted by atomic mass is 32.2. The third-order valence-corrected chi connectivity index (χ3v) is 2.46.